The molecule has 5 nitrogen and oxygen atoms in total. The Hall–Kier alpha value is -2.63. The number of carbonyl (C=O) groups is 1. The monoisotopic (exact) mass is 413 g/mol. The van der Waals surface area contributed by atoms with Gasteiger partial charge in [0.25, 0.3) is 0 Å². The highest BCUT2D eigenvalue weighted by atomic mass is 35.5. The number of fused-ring (bicyclic) bond motifs is 1. The van der Waals surface area contributed by atoms with Gasteiger partial charge in [-0.25, -0.2) is 4.99 Å². The van der Waals surface area contributed by atoms with Crippen molar-refractivity contribution in [2.24, 2.45) is 10.9 Å². The minimum Gasteiger partial charge on any atom is -0.465 e. The molecule has 3 aromatic rings. The maximum absolute atomic E-state index is 13.1. The molecule has 1 aliphatic rings. The average molecular weight is 414 g/mol. The van der Waals surface area contributed by atoms with Gasteiger partial charge in [-0.2, -0.15) is 5.10 Å². The van der Waals surface area contributed by atoms with Crippen molar-refractivity contribution in [3.8, 4) is 0 Å². The van der Waals surface area contributed by atoms with Crippen molar-refractivity contribution in [3.05, 3.63) is 81.5 Å². The lowest BCUT2D eigenvalue weighted by Crippen LogP contribution is -2.35. The number of hydrogen-bond acceptors (Lipinski definition) is 4. The van der Waals surface area contributed by atoms with Gasteiger partial charge in [-0.05, 0) is 24.1 Å². The van der Waals surface area contributed by atoms with Crippen molar-refractivity contribution >= 4 is 40.7 Å². The van der Waals surface area contributed by atoms with E-state index in [1.54, 1.807) is 19.2 Å². The van der Waals surface area contributed by atoms with E-state index in [1.807, 2.05) is 42.5 Å². The van der Waals surface area contributed by atoms with Gasteiger partial charge in [0.1, 0.15) is 5.92 Å². The minimum absolute atomic E-state index is 0.269. The van der Waals surface area contributed by atoms with Gasteiger partial charge in [-0.1, -0.05) is 65.7 Å². The molecule has 0 fully saturated rings. The summed E-state index contributed by atoms with van der Waals surface area (Å²) >= 11 is 12.8. The third kappa shape index (κ3) is 3.21. The molecule has 0 amide bonds. The van der Waals surface area contributed by atoms with E-state index in [1.165, 1.54) is 0 Å². The molecule has 28 heavy (non-hydrogen) atoms. The summed E-state index contributed by atoms with van der Waals surface area (Å²) in [6.07, 6.45) is 1.68. The SMILES string of the molecule is CCOC(=O)C1C(c2ccccc2)=Nc2[nH]ncc2C1c1cccc(Cl)c1Cl. The maximum atomic E-state index is 13.1. The number of halogens is 2. The molecular formula is C21H17Cl2N3O2. The molecule has 1 aromatic heterocycles. The molecule has 0 spiro atoms. The molecule has 2 aromatic carbocycles. The molecule has 0 aliphatic carbocycles. The molecule has 0 saturated heterocycles. The Morgan fingerprint density at radius 1 is 1.11 bits per heavy atom. The van der Waals surface area contributed by atoms with Gasteiger partial charge in [0.15, 0.2) is 5.82 Å². The molecule has 7 heteroatoms. The topological polar surface area (TPSA) is 67.3 Å². The van der Waals surface area contributed by atoms with E-state index < -0.39 is 11.8 Å². The molecule has 1 aliphatic heterocycles. The van der Waals surface area contributed by atoms with Crippen LogP contribution in [0.1, 0.15) is 29.5 Å². The Kier molecular flexibility index (Phi) is 5.20. The predicted octanol–water partition coefficient (Wildman–Crippen LogP) is 5.16. The molecule has 1 N–H and O–H groups in total. The van der Waals surface area contributed by atoms with Gasteiger partial charge < -0.3 is 4.74 Å². The lowest BCUT2D eigenvalue weighted by molar-refractivity contribution is -0.145. The standard InChI is InChI=1S/C21H17Cl2N3O2/c1-2-28-21(27)17-16(13-9-6-10-15(22)18(13)23)14-11-24-26-20(14)25-19(17)12-7-4-3-5-8-12/h3-11,16-17H,2H2,1H3,(H,24,26). The van der Waals surface area contributed by atoms with Crippen LogP contribution in [-0.4, -0.2) is 28.5 Å². The first-order valence-electron chi connectivity index (χ1n) is 8.89. The summed E-state index contributed by atoms with van der Waals surface area (Å²) in [5.41, 5.74) is 2.96. The zero-order valence-corrected chi connectivity index (χ0v) is 16.5. The normalized spacial score (nSPS) is 18.3. The largest absolute Gasteiger partial charge is 0.465 e. The van der Waals surface area contributed by atoms with Crippen LogP contribution in [0.4, 0.5) is 5.82 Å². The number of nitrogens with zero attached hydrogens (tertiary/aromatic N) is 2. The number of H-pyrrole nitrogens is 1. The number of aliphatic imine (C=N–C) groups is 1. The average Bonchev–Trinajstić information content (AvgIpc) is 3.18. The molecule has 142 valence electrons. The maximum Gasteiger partial charge on any atom is 0.316 e. The number of aromatic amines is 1. The van der Waals surface area contributed by atoms with Gasteiger partial charge in [0.05, 0.1) is 28.6 Å². The van der Waals surface area contributed by atoms with Crippen molar-refractivity contribution in [2.75, 3.05) is 6.61 Å². The van der Waals surface area contributed by atoms with Crippen molar-refractivity contribution < 1.29 is 9.53 Å². The van der Waals surface area contributed by atoms with Gasteiger partial charge in [0, 0.05) is 11.5 Å². The fraction of sp³-hybridized carbons (Fsp3) is 0.190. The van der Waals surface area contributed by atoms with Crippen LogP contribution in [0, 0.1) is 5.92 Å². The number of hydrogen-bond donors (Lipinski definition) is 1. The first-order chi connectivity index (χ1) is 13.6. The van der Waals surface area contributed by atoms with Crippen LogP contribution in [0.2, 0.25) is 10.0 Å². The number of benzene rings is 2. The van der Waals surface area contributed by atoms with Gasteiger partial charge >= 0.3 is 5.97 Å². The second-order valence-electron chi connectivity index (χ2n) is 6.39. The Labute approximate surface area is 172 Å². The van der Waals surface area contributed by atoms with Crippen LogP contribution in [0.5, 0.6) is 0 Å². The number of rotatable bonds is 4. The Bertz CT molecular complexity index is 1050. The van der Waals surface area contributed by atoms with Gasteiger partial charge in [0.2, 0.25) is 0 Å². The van der Waals surface area contributed by atoms with Crippen LogP contribution < -0.4 is 0 Å². The molecule has 0 bridgehead atoms. The fourth-order valence-electron chi connectivity index (χ4n) is 3.57. The van der Waals surface area contributed by atoms with Crippen LogP contribution >= 0.6 is 23.2 Å². The Morgan fingerprint density at radius 2 is 1.89 bits per heavy atom. The van der Waals surface area contributed by atoms with E-state index in [4.69, 9.17) is 32.9 Å². The summed E-state index contributed by atoms with van der Waals surface area (Å²) in [4.78, 5) is 17.8. The summed E-state index contributed by atoms with van der Waals surface area (Å²) in [5.74, 6) is -0.867. The van der Waals surface area contributed by atoms with Crippen molar-refractivity contribution in [2.45, 2.75) is 12.8 Å². The second-order valence-corrected chi connectivity index (χ2v) is 7.17. The quantitative estimate of drug-likeness (QED) is 0.600. The summed E-state index contributed by atoms with van der Waals surface area (Å²) in [6, 6.07) is 15.0. The van der Waals surface area contributed by atoms with Gasteiger partial charge in [-0.3, -0.25) is 9.89 Å². The number of ether oxygens (including phenoxy) is 1. The fourth-order valence-corrected chi connectivity index (χ4v) is 4.00. The van der Waals surface area contributed by atoms with Crippen LogP contribution in [0.15, 0.2) is 59.7 Å². The third-order valence-corrected chi connectivity index (χ3v) is 5.60. The second kappa shape index (κ2) is 7.78. The molecule has 2 heterocycles. The van der Waals surface area contributed by atoms with Crippen molar-refractivity contribution in [1.29, 1.82) is 0 Å². The molecule has 0 radical (unpaired) electrons. The van der Waals surface area contributed by atoms with Crippen LogP contribution in [0.3, 0.4) is 0 Å². The first kappa shape index (κ1) is 18.7. The summed E-state index contributed by atoms with van der Waals surface area (Å²) in [6.45, 7) is 2.05. The highest BCUT2D eigenvalue weighted by Crippen LogP contribution is 2.46. The molecule has 4 rings (SSSR count). The van der Waals surface area contributed by atoms with Crippen molar-refractivity contribution in [1.82, 2.24) is 10.2 Å². The third-order valence-electron chi connectivity index (χ3n) is 4.77. The van der Waals surface area contributed by atoms with Crippen molar-refractivity contribution in [3.63, 3.8) is 0 Å². The lowest BCUT2D eigenvalue weighted by atomic mass is 9.75. The summed E-state index contributed by atoms with van der Waals surface area (Å²) < 4.78 is 5.42. The van der Waals surface area contributed by atoms with Crippen LogP contribution in [-0.2, 0) is 9.53 Å². The number of carbonyl (C=O) groups excluding carboxylic acids is 1. The molecular weight excluding hydrogens is 397 g/mol. The van der Waals surface area contributed by atoms with E-state index in [0.717, 1.165) is 16.7 Å². The predicted molar refractivity (Wildman–Crippen MR) is 110 cm³/mol. The summed E-state index contributed by atoms with van der Waals surface area (Å²) in [7, 11) is 0. The van der Waals surface area contributed by atoms with E-state index in [2.05, 4.69) is 10.2 Å². The zero-order chi connectivity index (χ0) is 19.7. The van der Waals surface area contributed by atoms with E-state index in [0.29, 0.717) is 21.6 Å². The van der Waals surface area contributed by atoms with E-state index >= 15 is 0 Å². The van der Waals surface area contributed by atoms with Gasteiger partial charge in [-0.15, -0.1) is 0 Å². The molecule has 2 atom stereocenters. The van der Waals surface area contributed by atoms with Crippen LogP contribution in [0.25, 0.3) is 0 Å². The number of aromatic nitrogens is 2. The highest BCUT2D eigenvalue weighted by Gasteiger charge is 2.42. The van der Waals surface area contributed by atoms with E-state index in [-0.39, 0.29) is 12.6 Å². The molecule has 0 saturated carbocycles. The first-order valence-corrected chi connectivity index (χ1v) is 9.65. The number of nitrogens with one attached hydrogen (secondary N) is 1. The zero-order valence-electron chi connectivity index (χ0n) is 15.0. The Balaban J connectivity index is 1.96. The molecule has 2 unspecified atom stereocenters. The highest BCUT2D eigenvalue weighted by molar-refractivity contribution is 6.42. The van der Waals surface area contributed by atoms with E-state index in [9.17, 15) is 4.79 Å². The number of esters is 1. The Morgan fingerprint density at radius 3 is 2.64 bits per heavy atom. The lowest BCUT2D eigenvalue weighted by Gasteiger charge is -2.31. The summed E-state index contributed by atoms with van der Waals surface area (Å²) in [5, 5.41) is 7.89. The minimum atomic E-state index is -0.677. The smallest absolute Gasteiger partial charge is 0.316 e.